The van der Waals surface area contributed by atoms with Crippen molar-refractivity contribution >= 4 is 22.9 Å². The molecule has 1 heterocycles. The fourth-order valence-corrected chi connectivity index (χ4v) is 2.86. The normalized spacial score (nSPS) is 11.4. The quantitative estimate of drug-likeness (QED) is 0.179. The molecule has 1 aromatic heterocycles. The number of nitrogens with two attached hydrogens (primary N) is 1. The van der Waals surface area contributed by atoms with Crippen molar-refractivity contribution < 1.29 is 14.8 Å². The van der Waals surface area contributed by atoms with E-state index in [-0.39, 0.29) is 36.1 Å². The van der Waals surface area contributed by atoms with Crippen molar-refractivity contribution in [2.45, 2.75) is 26.0 Å². The van der Waals surface area contributed by atoms with Crippen molar-refractivity contribution in [1.29, 1.82) is 0 Å². The number of nitrogens with one attached hydrogen (secondary N) is 2. The molecule has 0 radical (unpaired) electrons. The maximum Gasteiger partial charge on any atom is 0.334 e. The molecule has 160 valence electrons. The number of aromatic nitrogens is 1. The Morgan fingerprint density at radius 2 is 2.13 bits per heavy atom. The lowest BCUT2D eigenvalue weighted by Crippen LogP contribution is -2.14. The van der Waals surface area contributed by atoms with E-state index in [1.807, 2.05) is 24.3 Å². The molecular weight excluding hydrogens is 386 g/mol. The Kier molecular flexibility index (Phi) is 8.18. The summed E-state index contributed by atoms with van der Waals surface area (Å²) in [6.07, 6.45) is 2.89. The van der Waals surface area contributed by atoms with E-state index in [2.05, 4.69) is 28.8 Å². The van der Waals surface area contributed by atoms with Gasteiger partial charge in [-0.05, 0) is 31.0 Å². The van der Waals surface area contributed by atoms with E-state index in [0.717, 1.165) is 11.3 Å². The van der Waals surface area contributed by atoms with Crippen LogP contribution in [-0.2, 0) is 6.54 Å². The van der Waals surface area contributed by atoms with E-state index in [4.69, 9.17) is 10.5 Å². The van der Waals surface area contributed by atoms with Gasteiger partial charge in [0.05, 0.1) is 23.2 Å². The molecule has 1 aromatic carbocycles. The fraction of sp³-hybridized carbons (Fsp3) is 0.286. The molecule has 0 spiro atoms. The SMILES string of the molecule is C=CCCOc1nc(N)c([N+](=O)[O-])c(NCc2cccc(NCC=C)c2)c1C(C)O. The summed E-state index contributed by atoms with van der Waals surface area (Å²) in [6.45, 7) is 9.91. The molecule has 0 bridgehead atoms. The van der Waals surface area contributed by atoms with Crippen molar-refractivity contribution in [3.05, 3.63) is 70.8 Å². The lowest BCUT2D eigenvalue weighted by Gasteiger charge is -2.19. The number of anilines is 3. The number of pyridine rings is 1. The first-order valence-electron chi connectivity index (χ1n) is 9.46. The number of aliphatic hydroxyl groups excluding tert-OH is 1. The van der Waals surface area contributed by atoms with Gasteiger partial charge in [0.15, 0.2) is 0 Å². The number of benzene rings is 1. The van der Waals surface area contributed by atoms with E-state index in [1.165, 1.54) is 6.92 Å². The number of rotatable bonds is 12. The van der Waals surface area contributed by atoms with Crippen LogP contribution in [0.15, 0.2) is 49.6 Å². The molecular formula is C21H27N5O4. The highest BCUT2D eigenvalue weighted by Crippen LogP contribution is 2.41. The second-order valence-corrected chi connectivity index (χ2v) is 6.52. The van der Waals surface area contributed by atoms with Crippen LogP contribution in [-0.4, -0.2) is 28.2 Å². The van der Waals surface area contributed by atoms with E-state index in [9.17, 15) is 15.2 Å². The van der Waals surface area contributed by atoms with Gasteiger partial charge in [-0.3, -0.25) is 10.1 Å². The van der Waals surface area contributed by atoms with Crippen LogP contribution in [0.25, 0.3) is 0 Å². The first-order chi connectivity index (χ1) is 14.4. The van der Waals surface area contributed by atoms with Crippen LogP contribution in [0, 0.1) is 10.1 Å². The highest BCUT2D eigenvalue weighted by Gasteiger charge is 2.29. The van der Waals surface area contributed by atoms with Gasteiger partial charge in [-0.2, -0.15) is 4.98 Å². The molecule has 1 atom stereocenters. The second-order valence-electron chi connectivity index (χ2n) is 6.52. The molecule has 2 rings (SSSR count). The topological polar surface area (TPSA) is 136 Å². The summed E-state index contributed by atoms with van der Waals surface area (Å²) in [6, 6.07) is 7.58. The molecule has 0 fully saturated rings. The fourth-order valence-electron chi connectivity index (χ4n) is 2.86. The van der Waals surface area contributed by atoms with Crippen molar-refractivity contribution in [2.24, 2.45) is 0 Å². The lowest BCUT2D eigenvalue weighted by atomic mass is 10.1. The van der Waals surface area contributed by atoms with Gasteiger partial charge in [-0.25, -0.2) is 0 Å². The monoisotopic (exact) mass is 413 g/mol. The zero-order valence-electron chi connectivity index (χ0n) is 16.9. The zero-order chi connectivity index (χ0) is 22.1. The molecule has 0 aliphatic heterocycles. The zero-order valence-corrected chi connectivity index (χ0v) is 16.9. The molecule has 30 heavy (non-hydrogen) atoms. The molecule has 0 saturated heterocycles. The van der Waals surface area contributed by atoms with Crippen LogP contribution in [0.4, 0.5) is 22.9 Å². The van der Waals surface area contributed by atoms with Crippen LogP contribution >= 0.6 is 0 Å². The Balaban J connectivity index is 2.41. The number of nitro groups is 1. The van der Waals surface area contributed by atoms with E-state index < -0.39 is 16.7 Å². The molecule has 9 nitrogen and oxygen atoms in total. The third kappa shape index (κ3) is 5.71. The number of ether oxygens (including phenoxy) is 1. The smallest absolute Gasteiger partial charge is 0.334 e. The van der Waals surface area contributed by atoms with Gasteiger partial charge in [0.2, 0.25) is 11.7 Å². The van der Waals surface area contributed by atoms with Crippen molar-refractivity contribution in [2.75, 3.05) is 29.5 Å². The van der Waals surface area contributed by atoms with Crippen molar-refractivity contribution in [3.8, 4) is 5.88 Å². The van der Waals surface area contributed by atoms with Gasteiger partial charge >= 0.3 is 5.69 Å². The van der Waals surface area contributed by atoms with Gasteiger partial charge < -0.3 is 26.2 Å². The maximum absolute atomic E-state index is 11.7. The van der Waals surface area contributed by atoms with Crippen molar-refractivity contribution in [3.63, 3.8) is 0 Å². The van der Waals surface area contributed by atoms with Crippen molar-refractivity contribution in [1.82, 2.24) is 4.98 Å². The molecule has 0 amide bonds. The number of nitrogens with zero attached hydrogens (tertiary/aromatic N) is 2. The third-order valence-electron chi connectivity index (χ3n) is 4.21. The second kappa shape index (κ2) is 10.8. The maximum atomic E-state index is 11.7. The Bertz CT molecular complexity index is 915. The van der Waals surface area contributed by atoms with Crippen LogP contribution in [0.2, 0.25) is 0 Å². The highest BCUT2D eigenvalue weighted by molar-refractivity contribution is 5.77. The van der Waals surface area contributed by atoms with Gasteiger partial charge in [-0.1, -0.05) is 24.3 Å². The van der Waals surface area contributed by atoms with Crippen LogP contribution < -0.4 is 21.1 Å². The third-order valence-corrected chi connectivity index (χ3v) is 4.21. The van der Waals surface area contributed by atoms with E-state index in [1.54, 1.807) is 12.2 Å². The summed E-state index contributed by atoms with van der Waals surface area (Å²) in [4.78, 5) is 15.1. The van der Waals surface area contributed by atoms with Gasteiger partial charge in [0.1, 0.15) is 5.69 Å². The average Bonchev–Trinajstić information content (AvgIpc) is 2.70. The predicted octanol–water partition coefficient (Wildman–Crippen LogP) is 3.79. The summed E-state index contributed by atoms with van der Waals surface area (Å²) in [5.41, 5.74) is 7.48. The van der Waals surface area contributed by atoms with Crippen LogP contribution in [0.1, 0.15) is 30.6 Å². The highest BCUT2D eigenvalue weighted by atomic mass is 16.6. The van der Waals surface area contributed by atoms with E-state index >= 15 is 0 Å². The number of hydrogen-bond donors (Lipinski definition) is 4. The summed E-state index contributed by atoms with van der Waals surface area (Å²) < 4.78 is 5.61. The van der Waals surface area contributed by atoms with Crippen LogP contribution in [0.3, 0.4) is 0 Å². The van der Waals surface area contributed by atoms with Crippen LogP contribution in [0.5, 0.6) is 5.88 Å². The number of aliphatic hydroxyl groups is 1. The minimum atomic E-state index is -1.07. The molecule has 5 N–H and O–H groups in total. The predicted molar refractivity (Wildman–Crippen MR) is 119 cm³/mol. The number of hydrogen-bond acceptors (Lipinski definition) is 8. The summed E-state index contributed by atoms with van der Waals surface area (Å²) in [5, 5.41) is 28.2. The minimum absolute atomic E-state index is 0.0545. The first kappa shape index (κ1) is 22.7. The average molecular weight is 413 g/mol. The largest absolute Gasteiger partial charge is 0.477 e. The molecule has 1 unspecified atom stereocenters. The Hall–Kier alpha value is -3.59. The Morgan fingerprint density at radius 1 is 1.37 bits per heavy atom. The summed E-state index contributed by atoms with van der Waals surface area (Å²) >= 11 is 0. The van der Waals surface area contributed by atoms with E-state index in [0.29, 0.717) is 13.0 Å². The Labute approximate surface area is 175 Å². The Morgan fingerprint density at radius 3 is 2.77 bits per heavy atom. The first-order valence-corrected chi connectivity index (χ1v) is 9.46. The lowest BCUT2D eigenvalue weighted by molar-refractivity contribution is -0.383. The minimum Gasteiger partial charge on any atom is -0.477 e. The van der Waals surface area contributed by atoms with Gasteiger partial charge in [-0.15, -0.1) is 13.2 Å². The molecule has 2 aromatic rings. The standard InChI is InChI=1S/C21H27N5O4/c1-4-6-11-30-21-17(14(3)27)18(19(26(28)29)20(22)25-21)24-13-15-8-7-9-16(12-15)23-10-5-2/h4-5,7-9,12,14,23,27H,1-2,6,10-11,13H2,3H3,(H3,22,24,25). The molecule has 0 aliphatic carbocycles. The number of nitrogen functional groups attached to an aromatic ring is 1. The summed E-state index contributed by atoms with van der Waals surface area (Å²) in [5.74, 6) is -0.235. The summed E-state index contributed by atoms with van der Waals surface area (Å²) in [7, 11) is 0. The molecule has 9 heteroatoms. The van der Waals surface area contributed by atoms with Gasteiger partial charge in [0.25, 0.3) is 0 Å². The van der Waals surface area contributed by atoms with Gasteiger partial charge in [0, 0.05) is 18.8 Å². The molecule has 0 aliphatic rings. The molecule has 0 saturated carbocycles.